The van der Waals surface area contributed by atoms with Crippen LogP contribution in [0.4, 0.5) is 0 Å². The summed E-state index contributed by atoms with van der Waals surface area (Å²) in [6.45, 7) is 7.54. The first-order chi connectivity index (χ1) is 19.0. The van der Waals surface area contributed by atoms with Crippen molar-refractivity contribution in [1.29, 1.82) is 0 Å². The SMILES string of the molecule is CC1(C)CCCCN1CCOc1ccc2cc(-c3n[nH]c4ccc(C5=NC(CC6CC6)N=N5)cc34)ccc2c1. The summed E-state index contributed by atoms with van der Waals surface area (Å²) in [6.07, 6.45) is 7.49. The third-order valence-corrected chi connectivity index (χ3v) is 8.66. The second-order valence-electron chi connectivity index (χ2n) is 12.0. The van der Waals surface area contributed by atoms with Gasteiger partial charge in [0.25, 0.3) is 0 Å². The maximum atomic E-state index is 6.18. The number of amidine groups is 1. The normalized spacial score (nSPS) is 21.1. The lowest BCUT2D eigenvalue weighted by molar-refractivity contribution is 0.0623. The number of H-pyrrole nitrogens is 1. The van der Waals surface area contributed by atoms with Crippen LogP contribution in [0.15, 0.2) is 69.8 Å². The third kappa shape index (κ3) is 5.08. The van der Waals surface area contributed by atoms with Gasteiger partial charge >= 0.3 is 0 Å². The number of hydrogen-bond acceptors (Lipinski definition) is 6. The number of nitrogens with one attached hydrogen (secondary N) is 1. The van der Waals surface area contributed by atoms with E-state index in [0.29, 0.717) is 6.61 Å². The average molecular weight is 521 g/mol. The molecule has 1 N–H and O–H groups in total. The Morgan fingerprint density at radius 3 is 2.69 bits per heavy atom. The molecule has 7 heteroatoms. The van der Waals surface area contributed by atoms with Crippen molar-refractivity contribution < 1.29 is 4.74 Å². The zero-order chi connectivity index (χ0) is 26.4. The van der Waals surface area contributed by atoms with E-state index in [0.717, 1.165) is 63.6 Å². The smallest absolute Gasteiger partial charge is 0.179 e. The summed E-state index contributed by atoms with van der Waals surface area (Å²) in [5.41, 5.74) is 4.27. The molecule has 3 aliphatic rings. The number of hydrogen-bond donors (Lipinski definition) is 1. The van der Waals surface area contributed by atoms with Gasteiger partial charge in [-0.25, -0.2) is 4.99 Å². The van der Waals surface area contributed by atoms with E-state index in [-0.39, 0.29) is 11.7 Å². The summed E-state index contributed by atoms with van der Waals surface area (Å²) in [4.78, 5) is 7.34. The Kier molecular flexibility index (Phi) is 6.19. The Morgan fingerprint density at radius 2 is 1.82 bits per heavy atom. The fourth-order valence-electron chi connectivity index (χ4n) is 6.04. The quantitative estimate of drug-likeness (QED) is 0.263. The number of aliphatic imine (C=N–C) groups is 1. The maximum Gasteiger partial charge on any atom is 0.179 e. The number of fused-ring (bicyclic) bond motifs is 2. The number of piperidine rings is 1. The Balaban J connectivity index is 1.08. The van der Waals surface area contributed by atoms with Crippen LogP contribution < -0.4 is 4.74 Å². The minimum Gasteiger partial charge on any atom is -0.492 e. The van der Waals surface area contributed by atoms with Gasteiger partial charge in [0.15, 0.2) is 12.0 Å². The molecule has 0 bridgehead atoms. The monoisotopic (exact) mass is 520 g/mol. The highest BCUT2D eigenvalue weighted by molar-refractivity contribution is 6.05. The van der Waals surface area contributed by atoms with Crippen molar-refractivity contribution in [2.45, 2.75) is 64.1 Å². The standard InChI is InChI=1S/C32H36N6O/c1-32(2)13-3-4-14-38(32)15-16-39-26-11-9-22-18-24(8-7-23(22)19-26)30-27-20-25(10-12-28(27)34-36-30)31-33-29(35-37-31)17-21-5-6-21/h7-12,18-21,29H,3-6,13-17H2,1-2H3,(H,34,36). The molecule has 7 rings (SSSR count). The summed E-state index contributed by atoms with van der Waals surface area (Å²) in [5.74, 6) is 2.43. The lowest BCUT2D eigenvalue weighted by Gasteiger charge is -2.42. The largest absolute Gasteiger partial charge is 0.492 e. The number of likely N-dealkylation sites (tertiary alicyclic amines) is 1. The van der Waals surface area contributed by atoms with Crippen LogP contribution >= 0.6 is 0 Å². The number of azo groups is 1. The summed E-state index contributed by atoms with van der Waals surface area (Å²) in [6, 6.07) is 19.1. The van der Waals surface area contributed by atoms with Crippen LogP contribution in [0.2, 0.25) is 0 Å². The van der Waals surface area contributed by atoms with Crippen molar-refractivity contribution in [1.82, 2.24) is 15.1 Å². The highest BCUT2D eigenvalue weighted by atomic mass is 16.5. The molecule has 1 saturated heterocycles. The molecule has 2 aliphatic heterocycles. The second-order valence-corrected chi connectivity index (χ2v) is 12.0. The maximum absolute atomic E-state index is 6.18. The lowest BCUT2D eigenvalue weighted by Crippen LogP contribution is -2.48. The van der Waals surface area contributed by atoms with Crippen molar-refractivity contribution in [3.63, 3.8) is 0 Å². The molecule has 39 heavy (non-hydrogen) atoms. The first-order valence-electron chi connectivity index (χ1n) is 14.4. The van der Waals surface area contributed by atoms with Gasteiger partial charge in [0, 0.05) is 28.6 Å². The summed E-state index contributed by atoms with van der Waals surface area (Å²) in [7, 11) is 0. The van der Waals surface area contributed by atoms with Crippen LogP contribution in [0.3, 0.4) is 0 Å². The number of nitrogens with zero attached hydrogens (tertiary/aromatic N) is 5. The van der Waals surface area contributed by atoms with Crippen molar-refractivity contribution >= 4 is 27.5 Å². The van der Waals surface area contributed by atoms with E-state index in [2.05, 4.69) is 93.8 Å². The van der Waals surface area contributed by atoms with Crippen molar-refractivity contribution in [2.24, 2.45) is 21.1 Å². The van der Waals surface area contributed by atoms with Crippen molar-refractivity contribution in [3.8, 4) is 17.0 Å². The zero-order valence-electron chi connectivity index (χ0n) is 22.9. The van der Waals surface area contributed by atoms with Crippen LogP contribution in [0.5, 0.6) is 5.75 Å². The second kappa shape index (κ2) is 9.87. The zero-order valence-corrected chi connectivity index (χ0v) is 22.9. The molecule has 1 unspecified atom stereocenters. The minimum atomic E-state index is -0.0158. The van der Waals surface area contributed by atoms with Crippen LogP contribution in [-0.2, 0) is 0 Å². The van der Waals surface area contributed by atoms with Gasteiger partial charge in [-0.15, -0.1) is 5.11 Å². The number of ether oxygens (including phenoxy) is 1. The van der Waals surface area contributed by atoms with Crippen molar-refractivity contribution in [2.75, 3.05) is 19.7 Å². The van der Waals surface area contributed by atoms with Crippen molar-refractivity contribution in [3.05, 3.63) is 60.2 Å². The Bertz CT molecular complexity index is 1580. The van der Waals surface area contributed by atoms with Gasteiger partial charge in [-0.1, -0.05) is 37.5 Å². The fourth-order valence-corrected chi connectivity index (χ4v) is 6.04. The molecule has 3 aromatic carbocycles. The highest BCUT2D eigenvalue weighted by Gasteiger charge is 2.29. The molecule has 0 amide bonds. The Labute approximate surface area is 229 Å². The molecule has 1 atom stereocenters. The number of aromatic amines is 1. The van der Waals surface area contributed by atoms with Gasteiger partial charge in [-0.2, -0.15) is 10.2 Å². The molecule has 4 aromatic rings. The molecule has 0 spiro atoms. The number of rotatable bonds is 8. The number of benzene rings is 3. The summed E-state index contributed by atoms with van der Waals surface area (Å²) in [5, 5.41) is 20.1. The van der Waals surface area contributed by atoms with Crippen LogP contribution in [0, 0.1) is 5.92 Å². The fraction of sp³-hybridized carbons (Fsp3) is 0.438. The lowest BCUT2D eigenvalue weighted by atomic mass is 9.90. The van der Waals surface area contributed by atoms with Gasteiger partial charge < -0.3 is 4.74 Å². The molecule has 200 valence electrons. The van der Waals surface area contributed by atoms with E-state index >= 15 is 0 Å². The van der Waals surface area contributed by atoms with Gasteiger partial charge in [-0.05, 0) is 92.7 Å². The molecular weight excluding hydrogens is 484 g/mol. The average Bonchev–Trinajstić information content (AvgIpc) is 3.46. The van der Waals surface area contributed by atoms with Crippen LogP contribution in [-0.4, -0.2) is 52.3 Å². The number of aromatic nitrogens is 2. The predicted octanol–water partition coefficient (Wildman–Crippen LogP) is 7.37. The molecule has 1 saturated carbocycles. The molecule has 3 heterocycles. The first-order valence-corrected chi connectivity index (χ1v) is 14.4. The van der Waals surface area contributed by atoms with E-state index in [1.165, 1.54) is 44.0 Å². The Hall–Kier alpha value is -3.58. The van der Waals surface area contributed by atoms with E-state index in [1.54, 1.807) is 0 Å². The van der Waals surface area contributed by atoms with Gasteiger partial charge in [-0.3, -0.25) is 10.00 Å². The summed E-state index contributed by atoms with van der Waals surface area (Å²) < 4.78 is 6.18. The molecule has 1 aromatic heterocycles. The van der Waals surface area contributed by atoms with E-state index in [4.69, 9.17) is 9.73 Å². The van der Waals surface area contributed by atoms with Gasteiger partial charge in [0.05, 0.1) is 11.2 Å². The molecule has 7 nitrogen and oxygen atoms in total. The van der Waals surface area contributed by atoms with E-state index < -0.39 is 0 Å². The molecular formula is C32H36N6O. The highest BCUT2D eigenvalue weighted by Crippen LogP contribution is 2.36. The van der Waals surface area contributed by atoms with Crippen LogP contribution in [0.1, 0.15) is 57.9 Å². The first kappa shape index (κ1) is 24.5. The predicted molar refractivity (Wildman–Crippen MR) is 157 cm³/mol. The topological polar surface area (TPSA) is 78.2 Å². The van der Waals surface area contributed by atoms with Gasteiger partial charge in [0.2, 0.25) is 0 Å². The van der Waals surface area contributed by atoms with E-state index in [1.807, 2.05) is 0 Å². The van der Waals surface area contributed by atoms with E-state index in [9.17, 15) is 0 Å². The molecule has 1 aliphatic carbocycles. The minimum absolute atomic E-state index is 0.0158. The van der Waals surface area contributed by atoms with Gasteiger partial charge in [0.1, 0.15) is 12.4 Å². The molecule has 2 fully saturated rings. The Morgan fingerprint density at radius 1 is 0.974 bits per heavy atom. The summed E-state index contributed by atoms with van der Waals surface area (Å²) >= 11 is 0. The molecule has 0 radical (unpaired) electrons. The third-order valence-electron chi connectivity index (χ3n) is 8.66. The van der Waals surface area contributed by atoms with Crippen LogP contribution in [0.25, 0.3) is 32.9 Å².